The SMILES string of the molecule is CC(C)(N)C(C)(C)C(=O)Nc1ccc(F)c(C(=O)O)c1. The molecule has 0 aromatic heterocycles. The van der Waals surface area contributed by atoms with E-state index in [1.165, 1.54) is 6.07 Å². The van der Waals surface area contributed by atoms with Gasteiger partial charge in [-0.25, -0.2) is 9.18 Å². The highest BCUT2D eigenvalue weighted by Crippen LogP contribution is 2.30. The van der Waals surface area contributed by atoms with E-state index in [9.17, 15) is 14.0 Å². The van der Waals surface area contributed by atoms with Crippen molar-refractivity contribution < 1.29 is 19.1 Å². The predicted molar refractivity (Wildman–Crippen MR) is 74.0 cm³/mol. The van der Waals surface area contributed by atoms with E-state index in [0.717, 1.165) is 12.1 Å². The molecule has 0 spiro atoms. The van der Waals surface area contributed by atoms with Crippen LogP contribution in [-0.4, -0.2) is 22.5 Å². The summed E-state index contributed by atoms with van der Waals surface area (Å²) in [4.78, 5) is 23.1. The number of nitrogens with two attached hydrogens (primary N) is 1. The standard InChI is InChI=1S/C14H19FN2O3/c1-13(2,14(3,4)16)12(20)17-8-5-6-10(15)9(7-8)11(18)19/h5-7H,16H2,1-4H3,(H,17,20)(H,18,19). The lowest BCUT2D eigenvalue weighted by atomic mass is 9.74. The van der Waals surface area contributed by atoms with Gasteiger partial charge in [0.2, 0.25) is 5.91 Å². The Hall–Kier alpha value is -1.95. The maximum Gasteiger partial charge on any atom is 0.338 e. The van der Waals surface area contributed by atoms with Crippen molar-refractivity contribution >= 4 is 17.6 Å². The van der Waals surface area contributed by atoms with Crippen molar-refractivity contribution in [3.63, 3.8) is 0 Å². The average Bonchev–Trinajstić information content (AvgIpc) is 2.29. The molecule has 4 N–H and O–H groups in total. The smallest absolute Gasteiger partial charge is 0.338 e. The van der Waals surface area contributed by atoms with Gasteiger partial charge in [0.25, 0.3) is 0 Å². The molecule has 0 unspecified atom stereocenters. The maximum absolute atomic E-state index is 13.3. The molecule has 110 valence electrons. The highest BCUT2D eigenvalue weighted by molar-refractivity contribution is 5.97. The number of anilines is 1. The minimum absolute atomic E-state index is 0.214. The summed E-state index contributed by atoms with van der Waals surface area (Å²) in [6.07, 6.45) is 0. The molecule has 0 fully saturated rings. The third kappa shape index (κ3) is 3.14. The Morgan fingerprint density at radius 1 is 1.25 bits per heavy atom. The first-order valence-electron chi connectivity index (χ1n) is 6.10. The topological polar surface area (TPSA) is 92.4 Å². The normalized spacial score (nSPS) is 12.1. The van der Waals surface area contributed by atoms with Gasteiger partial charge in [-0.05, 0) is 45.9 Å². The third-order valence-corrected chi connectivity index (χ3v) is 3.63. The summed E-state index contributed by atoms with van der Waals surface area (Å²) in [5, 5.41) is 11.4. The fourth-order valence-electron chi connectivity index (χ4n) is 1.35. The Bertz CT molecular complexity index is 548. The van der Waals surface area contributed by atoms with Gasteiger partial charge in [0.05, 0.1) is 11.0 Å². The number of rotatable bonds is 4. The second kappa shape index (κ2) is 5.20. The Labute approximate surface area is 117 Å². The van der Waals surface area contributed by atoms with Crippen LogP contribution in [0.1, 0.15) is 38.1 Å². The highest BCUT2D eigenvalue weighted by Gasteiger charge is 2.40. The largest absolute Gasteiger partial charge is 0.478 e. The summed E-state index contributed by atoms with van der Waals surface area (Å²) in [5.74, 6) is -2.61. The maximum atomic E-state index is 13.3. The molecule has 1 rings (SSSR count). The number of aromatic carboxylic acids is 1. The van der Waals surface area contributed by atoms with Crippen LogP contribution in [0.5, 0.6) is 0 Å². The van der Waals surface area contributed by atoms with Crippen LogP contribution < -0.4 is 11.1 Å². The quantitative estimate of drug-likeness (QED) is 0.789. The summed E-state index contributed by atoms with van der Waals surface area (Å²) < 4.78 is 13.3. The number of carbonyl (C=O) groups excluding carboxylic acids is 1. The van der Waals surface area contributed by atoms with E-state index in [2.05, 4.69) is 5.32 Å². The summed E-state index contributed by atoms with van der Waals surface area (Å²) >= 11 is 0. The van der Waals surface area contributed by atoms with Crippen LogP contribution in [0.4, 0.5) is 10.1 Å². The van der Waals surface area contributed by atoms with Gasteiger partial charge >= 0.3 is 5.97 Å². The third-order valence-electron chi connectivity index (χ3n) is 3.63. The number of amides is 1. The number of halogens is 1. The lowest BCUT2D eigenvalue weighted by Crippen LogP contribution is -2.53. The van der Waals surface area contributed by atoms with Gasteiger partial charge in [0, 0.05) is 11.2 Å². The summed E-state index contributed by atoms with van der Waals surface area (Å²) in [7, 11) is 0. The molecule has 0 aliphatic rings. The molecule has 1 aromatic rings. The predicted octanol–water partition coefficient (Wildman–Crippen LogP) is 2.23. The zero-order valence-electron chi connectivity index (χ0n) is 12.0. The zero-order chi connectivity index (χ0) is 15.7. The molecule has 0 saturated carbocycles. The Balaban J connectivity index is 3.03. The number of carboxylic acids is 1. The van der Waals surface area contributed by atoms with Gasteiger partial charge in [0.15, 0.2) is 0 Å². The van der Waals surface area contributed by atoms with E-state index in [-0.39, 0.29) is 11.6 Å². The number of carbonyl (C=O) groups is 2. The lowest BCUT2D eigenvalue weighted by molar-refractivity contribution is -0.126. The van der Waals surface area contributed by atoms with E-state index in [1.807, 2.05) is 0 Å². The molecular formula is C14H19FN2O3. The second-order valence-electron chi connectivity index (χ2n) is 5.80. The molecule has 0 aliphatic carbocycles. The lowest BCUT2D eigenvalue weighted by Gasteiger charge is -2.36. The van der Waals surface area contributed by atoms with E-state index < -0.39 is 28.3 Å². The van der Waals surface area contributed by atoms with Gasteiger partial charge in [0.1, 0.15) is 5.82 Å². The van der Waals surface area contributed by atoms with Crippen LogP contribution in [0.15, 0.2) is 18.2 Å². The van der Waals surface area contributed by atoms with Gasteiger partial charge in [-0.3, -0.25) is 4.79 Å². The fraction of sp³-hybridized carbons (Fsp3) is 0.429. The van der Waals surface area contributed by atoms with E-state index in [0.29, 0.717) is 0 Å². The molecule has 0 heterocycles. The van der Waals surface area contributed by atoms with Crippen LogP contribution in [-0.2, 0) is 4.79 Å². The number of hydrogen-bond donors (Lipinski definition) is 3. The van der Waals surface area contributed by atoms with E-state index in [1.54, 1.807) is 27.7 Å². The van der Waals surface area contributed by atoms with Crippen molar-refractivity contribution in [3.05, 3.63) is 29.6 Å². The molecule has 0 radical (unpaired) electrons. The molecule has 0 saturated heterocycles. The van der Waals surface area contributed by atoms with Crippen LogP contribution in [0.3, 0.4) is 0 Å². The van der Waals surface area contributed by atoms with Crippen LogP contribution in [0, 0.1) is 11.2 Å². The molecule has 0 atom stereocenters. The minimum Gasteiger partial charge on any atom is -0.478 e. The van der Waals surface area contributed by atoms with Gasteiger partial charge < -0.3 is 16.2 Å². The first-order valence-corrected chi connectivity index (χ1v) is 6.10. The molecule has 1 aromatic carbocycles. The monoisotopic (exact) mass is 282 g/mol. The highest BCUT2D eigenvalue weighted by atomic mass is 19.1. The van der Waals surface area contributed by atoms with Gasteiger partial charge in [-0.2, -0.15) is 0 Å². The van der Waals surface area contributed by atoms with Gasteiger partial charge in [-0.15, -0.1) is 0 Å². The Kier molecular flexibility index (Phi) is 4.19. The molecular weight excluding hydrogens is 263 g/mol. The Morgan fingerprint density at radius 2 is 1.80 bits per heavy atom. The van der Waals surface area contributed by atoms with Crippen LogP contribution in [0.25, 0.3) is 0 Å². The number of benzene rings is 1. The van der Waals surface area contributed by atoms with Crippen molar-refractivity contribution in [1.82, 2.24) is 0 Å². The Morgan fingerprint density at radius 3 is 2.25 bits per heavy atom. The van der Waals surface area contributed by atoms with Crippen molar-refractivity contribution in [1.29, 1.82) is 0 Å². The molecule has 6 heteroatoms. The number of hydrogen-bond acceptors (Lipinski definition) is 3. The summed E-state index contributed by atoms with van der Waals surface area (Å²) in [6.45, 7) is 6.81. The first kappa shape index (κ1) is 16.1. The van der Waals surface area contributed by atoms with Crippen molar-refractivity contribution in [2.45, 2.75) is 33.2 Å². The second-order valence-corrected chi connectivity index (χ2v) is 5.80. The van der Waals surface area contributed by atoms with E-state index in [4.69, 9.17) is 10.8 Å². The van der Waals surface area contributed by atoms with Crippen LogP contribution in [0.2, 0.25) is 0 Å². The molecule has 1 amide bonds. The molecule has 20 heavy (non-hydrogen) atoms. The van der Waals surface area contributed by atoms with Crippen molar-refractivity contribution in [2.75, 3.05) is 5.32 Å². The zero-order valence-corrected chi connectivity index (χ0v) is 12.0. The minimum atomic E-state index is -1.39. The van der Waals surface area contributed by atoms with Crippen LogP contribution >= 0.6 is 0 Å². The first-order chi connectivity index (χ1) is 8.96. The summed E-state index contributed by atoms with van der Waals surface area (Å²) in [6, 6.07) is 3.38. The summed E-state index contributed by atoms with van der Waals surface area (Å²) in [5.41, 5.74) is 4.02. The fourth-order valence-corrected chi connectivity index (χ4v) is 1.35. The molecule has 0 aliphatic heterocycles. The van der Waals surface area contributed by atoms with Crippen molar-refractivity contribution in [3.8, 4) is 0 Å². The number of nitrogens with one attached hydrogen (secondary N) is 1. The molecule has 0 bridgehead atoms. The van der Waals surface area contributed by atoms with Gasteiger partial charge in [-0.1, -0.05) is 0 Å². The molecule has 5 nitrogen and oxygen atoms in total. The number of carboxylic acid groups (broad SMARTS) is 1. The van der Waals surface area contributed by atoms with Crippen molar-refractivity contribution in [2.24, 2.45) is 11.1 Å². The van der Waals surface area contributed by atoms with E-state index >= 15 is 0 Å². The average molecular weight is 282 g/mol.